The standard InChI is InChI=1S/C28H31NO2S/c1-19-17-23(31-24(30)18-28(2,3)4)27(32-5)26-25(19)21-13-9-10-14-22(21)29(26)16-15-20-11-7-6-8-12-20/h6-14,17H,15-16,18H2,1-5H3. The molecule has 0 saturated heterocycles. The maximum absolute atomic E-state index is 12.7. The Morgan fingerprint density at radius 2 is 1.72 bits per heavy atom. The molecule has 0 unspecified atom stereocenters. The molecule has 0 N–H and O–H groups in total. The Kier molecular flexibility index (Phi) is 6.34. The van der Waals surface area contributed by atoms with E-state index in [1.165, 1.54) is 21.9 Å². The predicted molar refractivity (Wildman–Crippen MR) is 136 cm³/mol. The predicted octanol–water partition coefficient (Wildman–Crippen LogP) is 7.41. The number of carbonyl (C=O) groups is 1. The highest BCUT2D eigenvalue weighted by Crippen LogP contribution is 2.42. The fraction of sp³-hybridized carbons (Fsp3) is 0.321. The third kappa shape index (κ3) is 4.56. The summed E-state index contributed by atoms with van der Waals surface area (Å²) in [5.41, 5.74) is 4.71. The zero-order valence-electron chi connectivity index (χ0n) is 19.6. The van der Waals surface area contributed by atoms with Crippen LogP contribution in [-0.2, 0) is 17.8 Å². The number of fused-ring (bicyclic) bond motifs is 3. The van der Waals surface area contributed by atoms with E-state index in [-0.39, 0.29) is 11.4 Å². The molecule has 0 amide bonds. The second-order valence-corrected chi connectivity index (χ2v) is 10.4. The van der Waals surface area contributed by atoms with Crippen LogP contribution in [-0.4, -0.2) is 16.8 Å². The maximum atomic E-state index is 12.7. The van der Waals surface area contributed by atoms with Crippen molar-refractivity contribution in [3.05, 3.63) is 71.8 Å². The van der Waals surface area contributed by atoms with Crippen LogP contribution in [0.1, 0.15) is 38.3 Å². The number of esters is 1. The molecule has 1 heterocycles. The summed E-state index contributed by atoms with van der Waals surface area (Å²) in [6.07, 6.45) is 3.38. The molecule has 4 aromatic rings. The first kappa shape index (κ1) is 22.5. The van der Waals surface area contributed by atoms with Crippen LogP contribution >= 0.6 is 11.8 Å². The fourth-order valence-electron chi connectivity index (χ4n) is 4.37. The van der Waals surface area contributed by atoms with E-state index >= 15 is 0 Å². The molecule has 166 valence electrons. The van der Waals surface area contributed by atoms with Gasteiger partial charge in [0.15, 0.2) is 0 Å². The second-order valence-electron chi connectivity index (χ2n) is 9.56. The highest BCUT2D eigenvalue weighted by molar-refractivity contribution is 7.99. The van der Waals surface area contributed by atoms with Gasteiger partial charge in [-0.2, -0.15) is 0 Å². The van der Waals surface area contributed by atoms with Gasteiger partial charge in [-0.25, -0.2) is 0 Å². The molecular weight excluding hydrogens is 414 g/mol. The lowest BCUT2D eigenvalue weighted by Crippen LogP contribution is -2.18. The highest BCUT2D eigenvalue weighted by atomic mass is 32.2. The number of thioether (sulfide) groups is 1. The van der Waals surface area contributed by atoms with Crippen molar-refractivity contribution in [2.45, 2.75) is 52.0 Å². The summed E-state index contributed by atoms with van der Waals surface area (Å²) in [5.74, 6) is 0.485. The molecule has 1 aromatic heterocycles. The van der Waals surface area contributed by atoms with Gasteiger partial charge in [-0.15, -0.1) is 11.8 Å². The summed E-state index contributed by atoms with van der Waals surface area (Å²) in [4.78, 5) is 13.7. The third-order valence-corrected chi connectivity index (χ3v) is 6.52. The number of hydrogen-bond donors (Lipinski definition) is 0. The number of carbonyl (C=O) groups excluding carboxylic acids is 1. The van der Waals surface area contributed by atoms with Crippen molar-refractivity contribution < 1.29 is 9.53 Å². The first-order valence-electron chi connectivity index (χ1n) is 11.1. The normalized spacial score (nSPS) is 11.9. The van der Waals surface area contributed by atoms with Crippen LogP contribution in [0.4, 0.5) is 0 Å². The van der Waals surface area contributed by atoms with Gasteiger partial charge in [0.1, 0.15) is 5.75 Å². The van der Waals surface area contributed by atoms with E-state index in [2.05, 4.69) is 93.1 Å². The van der Waals surface area contributed by atoms with Crippen molar-refractivity contribution in [2.24, 2.45) is 5.41 Å². The molecule has 32 heavy (non-hydrogen) atoms. The average molecular weight is 446 g/mol. The van der Waals surface area contributed by atoms with Crippen molar-refractivity contribution in [3.8, 4) is 5.75 Å². The summed E-state index contributed by atoms with van der Waals surface area (Å²) in [6.45, 7) is 9.14. The number of aromatic nitrogens is 1. The smallest absolute Gasteiger partial charge is 0.311 e. The summed E-state index contributed by atoms with van der Waals surface area (Å²) in [5, 5.41) is 2.49. The molecule has 0 atom stereocenters. The lowest BCUT2D eigenvalue weighted by molar-refractivity contribution is -0.136. The highest BCUT2D eigenvalue weighted by Gasteiger charge is 2.23. The maximum Gasteiger partial charge on any atom is 0.311 e. The summed E-state index contributed by atoms with van der Waals surface area (Å²) in [7, 11) is 0. The van der Waals surface area contributed by atoms with Crippen LogP contribution in [0.2, 0.25) is 0 Å². The van der Waals surface area contributed by atoms with Crippen LogP contribution in [0.25, 0.3) is 21.8 Å². The minimum Gasteiger partial charge on any atom is -0.425 e. The van der Waals surface area contributed by atoms with E-state index in [9.17, 15) is 4.79 Å². The van der Waals surface area contributed by atoms with Gasteiger partial charge in [0, 0.05) is 22.8 Å². The minimum atomic E-state index is -0.182. The summed E-state index contributed by atoms with van der Waals surface area (Å²) in [6, 6.07) is 21.2. The first-order valence-corrected chi connectivity index (χ1v) is 12.3. The average Bonchev–Trinajstić information content (AvgIpc) is 3.06. The van der Waals surface area contributed by atoms with Crippen LogP contribution in [0.15, 0.2) is 65.6 Å². The molecule has 3 aromatic carbocycles. The molecule has 0 spiro atoms. The summed E-state index contributed by atoms with van der Waals surface area (Å²) >= 11 is 1.65. The molecule has 3 nitrogen and oxygen atoms in total. The van der Waals surface area contributed by atoms with E-state index < -0.39 is 0 Å². The number of benzene rings is 3. The number of aryl methyl sites for hydroxylation is 3. The molecule has 0 aliphatic rings. The topological polar surface area (TPSA) is 31.2 Å². The van der Waals surface area contributed by atoms with Gasteiger partial charge in [-0.3, -0.25) is 4.79 Å². The fourth-order valence-corrected chi connectivity index (χ4v) is 5.08. The van der Waals surface area contributed by atoms with Gasteiger partial charge in [0.05, 0.1) is 16.8 Å². The quantitative estimate of drug-likeness (QED) is 0.176. The van der Waals surface area contributed by atoms with Gasteiger partial charge < -0.3 is 9.30 Å². The van der Waals surface area contributed by atoms with Crippen molar-refractivity contribution in [1.29, 1.82) is 0 Å². The molecule has 0 aliphatic carbocycles. The Bertz CT molecular complexity index is 1270. The molecule has 0 saturated carbocycles. The number of para-hydroxylation sites is 1. The molecule has 0 aliphatic heterocycles. The van der Waals surface area contributed by atoms with Crippen molar-refractivity contribution in [2.75, 3.05) is 6.26 Å². The zero-order chi connectivity index (χ0) is 22.9. The zero-order valence-corrected chi connectivity index (χ0v) is 20.4. The lowest BCUT2D eigenvalue weighted by atomic mass is 9.92. The van der Waals surface area contributed by atoms with Gasteiger partial charge >= 0.3 is 5.97 Å². The molecule has 4 rings (SSSR count). The number of hydrogen-bond acceptors (Lipinski definition) is 3. The van der Waals surface area contributed by atoms with Crippen LogP contribution in [0, 0.1) is 12.3 Å². The lowest BCUT2D eigenvalue weighted by Gasteiger charge is -2.18. The third-order valence-electron chi connectivity index (χ3n) is 5.72. The Morgan fingerprint density at radius 1 is 1.03 bits per heavy atom. The molecule has 4 heteroatoms. The van der Waals surface area contributed by atoms with Crippen LogP contribution in [0.5, 0.6) is 5.75 Å². The Morgan fingerprint density at radius 3 is 2.41 bits per heavy atom. The van der Waals surface area contributed by atoms with Crippen LogP contribution in [0.3, 0.4) is 0 Å². The van der Waals surface area contributed by atoms with Crippen LogP contribution < -0.4 is 4.74 Å². The molecule has 0 fully saturated rings. The molecule has 0 radical (unpaired) electrons. The van der Waals surface area contributed by atoms with E-state index in [0.717, 1.165) is 28.9 Å². The number of ether oxygens (including phenoxy) is 1. The molecular formula is C28H31NO2S. The largest absolute Gasteiger partial charge is 0.425 e. The van der Waals surface area contributed by atoms with Gasteiger partial charge in [0.25, 0.3) is 0 Å². The van der Waals surface area contributed by atoms with Crippen molar-refractivity contribution >= 4 is 39.5 Å². The van der Waals surface area contributed by atoms with E-state index in [4.69, 9.17) is 4.74 Å². The SMILES string of the molecule is CSc1c(OC(=O)CC(C)(C)C)cc(C)c2c3ccccc3n(CCc3ccccc3)c12. The van der Waals surface area contributed by atoms with Gasteiger partial charge in [-0.1, -0.05) is 69.3 Å². The van der Waals surface area contributed by atoms with E-state index in [1.54, 1.807) is 11.8 Å². The Hall–Kier alpha value is -2.72. The van der Waals surface area contributed by atoms with E-state index in [1.807, 2.05) is 6.07 Å². The van der Waals surface area contributed by atoms with E-state index in [0.29, 0.717) is 12.2 Å². The number of rotatable bonds is 6. The minimum absolute atomic E-state index is 0.111. The van der Waals surface area contributed by atoms with Gasteiger partial charge in [0.2, 0.25) is 0 Å². The van der Waals surface area contributed by atoms with Crippen molar-refractivity contribution in [3.63, 3.8) is 0 Å². The second kappa shape index (κ2) is 9.03. The Balaban J connectivity index is 1.86. The monoisotopic (exact) mass is 445 g/mol. The number of nitrogens with zero attached hydrogens (tertiary/aromatic N) is 1. The molecule has 0 bridgehead atoms. The summed E-state index contributed by atoms with van der Waals surface area (Å²) < 4.78 is 8.34. The van der Waals surface area contributed by atoms with Crippen molar-refractivity contribution in [1.82, 2.24) is 4.57 Å². The first-order chi connectivity index (χ1) is 15.3. The Labute approximate surface area is 194 Å². The van der Waals surface area contributed by atoms with Gasteiger partial charge in [-0.05, 0) is 48.3 Å².